The van der Waals surface area contributed by atoms with Gasteiger partial charge in [-0.05, 0) is 55.1 Å². The number of hydrogen-bond acceptors (Lipinski definition) is 5. The van der Waals surface area contributed by atoms with Crippen molar-refractivity contribution < 1.29 is 13.2 Å². The largest absolute Gasteiger partial charge is 0.418 e. The fraction of sp³-hybridized carbons (Fsp3) is 0.533. The molecule has 1 atom stereocenters. The van der Waals surface area contributed by atoms with Gasteiger partial charge in [-0.25, -0.2) is 0 Å². The lowest BCUT2D eigenvalue weighted by Crippen LogP contribution is -2.44. The quantitative estimate of drug-likeness (QED) is 0.839. The number of aromatic nitrogens is 4. The van der Waals surface area contributed by atoms with Gasteiger partial charge in [0.1, 0.15) is 0 Å². The standard InChI is InChI=1S/C15H18ClF3N6.ClH/c1-20-11-3-2-6-24(8-11)9-14-21-22-23-25(14)13-5-4-10(16)7-12(13)15(17,18)19;/h4-5,7,11,20H,2-3,6,8-9H2,1H3;1H. The third-order valence-electron chi connectivity index (χ3n) is 4.31. The van der Waals surface area contributed by atoms with E-state index in [0.717, 1.165) is 36.7 Å². The molecule has 1 unspecified atom stereocenters. The van der Waals surface area contributed by atoms with Gasteiger partial charge in [0.25, 0.3) is 0 Å². The van der Waals surface area contributed by atoms with Gasteiger partial charge < -0.3 is 5.32 Å². The summed E-state index contributed by atoms with van der Waals surface area (Å²) < 4.78 is 41.2. The second-order valence-corrected chi connectivity index (χ2v) is 6.47. The highest BCUT2D eigenvalue weighted by atomic mass is 35.5. The Balaban J connectivity index is 0.00000243. The third kappa shape index (κ3) is 4.64. The van der Waals surface area contributed by atoms with E-state index in [1.165, 1.54) is 12.1 Å². The van der Waals surface area contributed by atoms with Crippen LogP contribution in [0, 0.1) is 0 Å². The highest BCUT2D eigenvalue weighted by Crippen LogP contribution is 2.35. The summed E-state index contributed by atoms with van der Waals surface area (Å²) in [7, 11) is 1.90. The van der Waals surface area contributed by atoms with Crippen LogP contribution < -0.4 is 5.32 Å². The van der Waals surface area contributed by atoms with E-state index in [1.807, 2.05) is 7.05 Å². The summed E-state index contributed by atoms with van der Waals surface area (Å²) in [5.41, 5.74) is -0.987. The molecule has 2 aromatic rings. The lowest BCUT2D eigenvalue weighted by molar-refractivity contribution is -0.137. The topological polar surface area (TPSA) is 58.9 Å². The van der Waals surface area contributed by atoms with Crippen LogP contribution >= 0.6 is 24.0 Å². The minimum Gasteiger partial charge on any atom is -0.316 e. The summed E-state index contributed by atoms with van der Waals surface area (Å²) in [4.78, 5) is 2.13. The molecule has 0 spiro atoms. The first-order valence-corrected chi connectivity index (χ1v) is 8.30. The number of piperidine rings is 1. The summed E-state index contributed by atoms with van der Waals surface area (Å²) in [5.74, 6) is 0.365. The number of likely N-dealkylation sites (N-methyl/N-ethyl adjacent to an activating group) is 1. The van der Waals surface area contributed by atoms with E-state index in [-0.39, 0.29) is 23.1 Å². The molecule has 1 aliphatic heterocycles. The lowest BCUT2D eigenvalue weighted by atomic mass is 10.1. The van der Waals surface area contributed by atoms with Crippen molar-refractivity contribution in [2.24, 2.45) is 0 Å². The Kier molecular flexibility index (Phi) is 6.84. The molecule has 26 heavy (non-hydrogen) atoms. The van der Waals surface area contributed by atoms with Crippen molar-refractivity contribution in [1.29, 1.82) is 0 Å². The van der Waals surface area contributed by atoms with Gasteiger partial charge in [0.2, 0.25) is 0 Å². The molecule has 1 fully saturated rings. The fourth-order valence-corrected chi connectivity index (χ4v) is 3.22. The SMILES string of the molecule is CNC1CCCN(Cc2nnnn2-c2ccc(Cl)cc2C(F)(F)F)C1.Cl. The zero-order valence-corrected chi connectivity index (χ0v) is 15.6. The Labute approximate surface area is 160 Å². The lowest BCUT2D eigenvalue weighted by Gasteiger charge is -2.32. The van der Waals surface area contributed by atoms with Crippen LogP contribution in [0.25, 0.3) is 5.69 Å². The number of halogens is 5. The summed E-state index contributed by atoms with van der Waals surface area (Å²) in [6.45, 7) is 2.04. The molecule has 1 aliphatic rings. The molecule has 1 N–H and O–H groups in total. The maximum absolute atomic E-state index is 13.3. The van der Waals surface area contributed by atoms with E-state index in [1.54, 1.807) is 0 Å². The molecule has 1 saturated heterocycles. The van der Waals surface area contributed by atoms with E-state index in [0.29, 0.717) is 18.4 Å². The van der Waals surface area contributed by atoms with Crippen LogP contribution in [0.3, 0.4) is 0 Å². The van der Waals surface area contributed by atoms with E-state index >= 15 is 0 Å². The third-order valence-corrected chi connectivity index (χ3v) is 4.54. The van der Waals surface area contributed by atoms with Crippen LogP contribution in [0.5, 0.6) is 0 Å². The fourth-order valence-electron chi connectivity index (χ4n) is 3.05. The predicted molar refractivity (Wildman–Crippen MR) is 93.8 cm³/mol. The van der Waals surface area contributed by atoms with Crippen LogP contribution in [0.15, 0.2) is 18.2 Å². The van der Waals surface area contributed by atoms with Crippen molar-refractivity contribution in [2.75, 3.05) is 20.1 Å². The first kappa shape index (κ1) is 20.9. The number of rotatable bonds is 4. The molecule has 2 heterocycles. The maximum Gasteiger partial charge on any atom is 0.418 e. The number of nitrogens with zero attached hydrogens (tertiary/aromatic N) is 5. The number of alkyl halides is 3. The first-order chi connectivity index (χ1) is 11.9. The Morgan fingerprint density at radius 2 is 2.12 bits per heavy atom. The first-order valence-electron chi connectivity index (χ1n) is 7.92. The molecule has 0 amide bonds. The molecule has 0 aliphatic carbocycles. The van der Waals surface area contributed by atoms with Gasteiger partial charge in [-0.3, -0.25) is 4.90 Å². The van der Waals surface area contributed by atoms with Crippen molar-refractivity contribution in [3.05, 3.63) is 34.6 Å². The zero-order valence-electron chi connectivity index (χ0n) is 14.0. The van der Waals surface area contributed by atoms with E-state index in [4.69, 9.17) is 11.6 Å². The van der Waals surface area contributed by atoms with Gasteiger partial charge in [-0.15, -0.1) is 17.5 Å². The second kappa shape index (κ2) is 8.51. The Bertz CT molecular complexity index is 736. The molecule has 144 valence electrons. The number of likely N-dealkylation sites (tertiary alicyclic amines) is 1. The van der Waals surface area contributed by atoms with Crippen LogP contribution in [-0.2, 0) is 12.7 Å². The van der Waals surface area contributed by atoms with Crippen LogP contribution in [0.2, 0.25) is 5.02 Å². The number of benzene rings is 1. The highest BCUT2D eigenvalue weighted by Gasteiger charge is 2.35. The number of tetrazole rings is 1. The molecular formula is C15H19Cl2F3N6. The minimum absolute atomic E-state index is 0. The molecule has 3 rings (SSSR count). The predicted octanol–water partition coefficient (Wildman–Crippen LogP) is 2.94. The number of nitrogens with one attached hydrogen (secondary N) is 1. The maximum atomic E-state index is 13.3. The molecule has 0 bridgehead atoms. The Morgan fingerprint density at radius 3 is 2.81 bits per heavy atom. The van der Waals surface area contributed by atoms with Crippen molar-refractivity contribution in [2.45, 2.75) is 31.6 Å². The van der Waals surface area contributed by atoms with Gasteiger partial charge in [-0.1, -0.05) is 11.6 Å². The van der Waals surface area contributed by atoms with Crippen molar-refractivity contribution in [3.63, 3.8) is 0 Å². The van der Waals surface area contributed by atoms with Gasteiger partial charge in [0, 0.05) is 17.6 Å². The summed E-state index contributed by atoms with van der Waals surface area (Å²) in [5, 5.41) is 14.5. The molecule has 1 aromatic heterocycles. The van der Waals surface area contributed by atoms with Crippen molar-refractivity contribution in [3.8, 4) is 5.69 Å². The van der Waals surface area contributed by atoms with Gasteiger partial charge >= 0.3 is 6.18 Å². The normalized spacial score (nSPS) is 18.6. The number of hydrogen-bond donors (Lipinski definition) is 1. The molecule has 1 aromatic carbocycles. The molecule has 0 radical (unpaired) electrons. The van der Waals surface area contributed by atoms with E-state index < -0.39 is 11.7 Å². The molecule has 0 saturated carbocycles. The van der Waals surface area contributed by atoms with Gasteiger partial charge in [0.15, 0.2) is 5.82 Å². The summed E-state index contributed by atoms with van der Waals surface area (Å²) >= 11 is 5.74. The zero-order chi connectivity index (χ0) is 18.0. The van der Waals surface area contributed by atoms with Gasteiger partial charge in [-0.2, -0.15) is 17.9 Å². The van der Waals surface area contributed by atoms with E-state index in [2.05, 4.69) is 25.7 Å². The molecule has 11 heteroatoms. The van der Waals surface area contributed by atoms with Crippen LogP contribution in [-0.4, -0.2) is 51.3 Å². The Morgan fingerprint density at radius 1 is 1.35 bits per heavy atom. The molecule has 6 nitrogen and oxygen atoms in total. The smallest absolute Gasteiger partial charge is 0.316 e. The van der Waals surface area contributed by atoms with Crippen LogP contribution in [0.4, 0.5) is 13.2 Å². The van der Waals surface area contributed by atoms with Crippen molar-refractivity contribution >= 4 is 24.0 Å². The second-order valence-electron chi connectivity index (χ2n) is 6.03. The average molecular weight is 411 g/mol. The van der Waals surface area contributed by atoms with Gasteiger partial charge in [0.05, 0.1) is 17.8 Å². The van der Waals surface area contributed by atoms with Crippen LogP contribution in [0.1, 0.15) is 24.2 Å². The molecular weight excluding hydrogens is 392 g/mol. The monoisotopic (exact) mass is 410 g/mol. The van der Waals surface area contributed by atoms with E-state index in [9.17, 15) is 13.2 Å². The van der Waals surface area contributed by atoms with Crippen molar-refractivity contribution in [1.82, 2.24) is 30.4 Å². The average Bonchev–Trinajstić information content (AvgIpc) is 3.02. The Hall–Kier alpha value is -1.42. The minimum atomic E-state index is -4.55. The highest BCUT2D eigenvalue weighted by molar-refractivity contribution is 6.30. The summed E-state index contributed by atoms with van der Waals surface area (Å²) in [6.07, 6.45) is -2.46. The summed E-state index contributed by atoms with van der Waals surface area (Å²) in [6, 6.07) is 3.94.